The molecule has 2 nitrogen and oxygen atoms in total. The highest BCUT2D eigenvalue weighted by Gasteiger charge is 2.29. The predicted octanol–water partition coefficient (Wildman–Crippen LogP) is 4.21. The van der Waals surface area contributed by atoms with Crippen molar-refractivity contribution in [3.05, 3.63) is 28.2 Å². The lowest BCUT2D eigenvalue weighted by Crippen LogP contribution is -2.38. The standard InChI is InChI=1S/C17H27BrN2/c1-17(2,3)14-7-10-20(11-8-14)16-5-4-15(18)12-13(16)6-9-19/h4-5,12,14H,6-11,19H2,1-3H3. The molecule has 0 bridgehead atoms. The van der Waals surface area contributed by atoms with Crippen molar-refractivity contribution in [1.29, 1.82) is 0 Å². The first kappa shape index (κ1) is 15.8. The van der Waals surface area contributed by atoms with Crippen molar-refractivity contribution in [2.75, 3.05) is 24.5 Å². The van der Waals surface area contributed by atoms with Crippen molar-refractivity contribution < 1.29 is 0 Å². The van der Waals surface area contributed by atoms with Gasteiger partial charge in [-0.3, -0.25) is 0 Å². The summed E-state index contributed by atoms with van der Waals surface area (Å²) in [5.41, 5.74) is 8.94. The van der Waals surface area contributed by atoms with Gasteiger partial charge in [0.1, 0.15) is 0 Å². The Morgan fingerprint density at radius 1 is 1.25 bits per heavy atom. The van der Waals surface area contributed by atoms with Crippen molar-refractivity contribution in [1.82, 2.24) is 0 Å². The molecule has 2 rings (SSSR count). The van der Waals surface area contributed by atoms with Gasteiger partial charge in [-0.05, 0) is 60.9 Å². The highest BCUT2D eigenvalue weighted by Crippen LogP contribution is 2.36. The Morgan fingerprint density at radius 3 is 2.45 bits per heavy atom. The van der Waals surface area contributed by atoms with E-state index < -0.39 is 0 Å². The van der Waals surface area contributed by atoms with E-state index in [1.165, 1.54) is 37.2 Å². The fourth-order valence-corrected chi connectivity index (χ4v) is 3.61. The number of halogens is 1. The molecule has 1 fully saturated rings. The van der Waals surface area contributed by atoms with Crippen LogP contribution in [0.3, 0.4) is 0 Å². The molecule has 20 heavy (non-hydrogen) atoms. The van der Waals surface area contributed by atoms with Gasteiger partial charge in [-0.25, -0.2) is 0 Å². The van der Waals surface area contributed by atoms with Gasteiger partial charge < -0.3 is 10.6 Å². The lowest BCUT2D eigenvalue weighted by molar-refractivity contribution is 0.199. The van der Waals surface area contributed by atoms with Gasteiger partial charge in [0.05, 0.1) is 0 Å². The maximum absolute atomic E-state index is 5.75. The number of hydrogen-bond acceptors (Lipinski definition) is 2. The van der Waals surface area contributed by atoms with Crippen LogP contribution in [0.4, 0.5) is 5.69 Å². The third kappa shape index (κ3) is 3.76. The Bertz CT molecular complexity index is 443. The molecule has 1 aromatic carbocycles. The topological polar surface area (TPSA) is 29.3 Å². The van der Waals surface area contributed by atoms with E-state index in [1.807, 2.05) is 0 Å². The van der Waals surface area contributed by atoms with Crippen molar-refractivity contribution in [2.24, 2.45) is 17.1 Å². The minimum absolute atomic E-state index is 0.436. The number of nitrogens with zero attached hydrogens (tertiary/aromatic N) is 1. The van der Waals surface area contributed by atoms with Crippen LogP contribution in [0.15, 0.2) is 22.7 Å². The van der Waals surface area contributed by atoms with Crippen LogP contribution >= 0.6 is 15.9 Å². The van der Waals surface area contributed by atoms with Crippen molar-refractivity contribution in [3.63, 3.8) is 0 Å². The fourth-order valence-electron chi connectivity index (χ4n) is 3.20. The number of hydrogen-bond donors (Lipinski definition) is 1. The first-order chi connectivity index (χ1) is 9.41. The average Bonchev–Trinajstić information content (AvgIpc) is 2.38. The van der Waals surface area contributed by atoms with Gasteiger partial charge in [-0.15, -0.1) is 0 Å². The van der Waals surface area contributed by atoms with Crippen LogP contribution in [0.5, 0.6) is 0 Å². The summed E-state index contributed by atoms with van der Waals surface area (Å²) in [5, 5.41) is 0. The minimum Gasteiger partial charge on any atom is -0.371 e. The zero-order valence-corrected chi connectivity index (χ0v) is 14.5. The number of anilines is 1. The van der Waals surface area contributed by atoms with Gasteiger partial charge in [0.15, 0.2) is 0 Å². The van der Waals surface area contributed by atoms with Gasteiger partial charge in [-0.1, -0.05) is 36.7 Å². The van der Waals surface area contributed by atoms with Crippen LogP contribution in [-0.2, 0) is 6.42 Å². The molecular formula is C17H27BrN2. The van der Waals surface area contributed by atoms with Crippen LogP contribution in [0.1, 0.15) is 39.2 Å². The molecule has 0 radical (unpaired) electrons. The lowest BCUT2D eigenvalue weighted by atomic mass is 9.75. The van der Waals surface area contributed by atoms with Gasteiger partial charge in [-0.2, -0.15) is 0 Å². The van der Waals surface area contributed by atoms with E-state index in [1.54, 1.807) is 0 Å². The molecule has 2 N–H and O–H groups in total. The van der Waals surface area contributed by atoms with Crippen molar-refractivity contribution >= 4 is 21.6 Å². The molecule has 0 spiro atoms. The Morgan fingerprint density at radius 2 is 1.90 bits per heavy atom. The second-order valence-electron chi connectivity index (χ2n) is 6.94. The van der Waals surface area contributed by atoms with Crippen molar-refractivity contribution in [3.8, 4) is 0 Å². The summed E-state index contributed by atoms with van der Waals surface area (Å²) >= 11 is 3.57. The average molecular weight is 339 g/mol. The second kappa shape index (κ2) is 6.48. The van der Waals surface area contributed by atoms with E-state index in [4.69, 9.17) is 5.73 Å². The van der Waals surface area contributed by atoms with E-state index >= 15 is 0 Å². The highest BCUT2D eigenvalue weighted by atomic mass is 79.9. The Balaban J connectivity index is 2.10. The largest absolute Gasteiger partial charge is 0.371 e. The van der Waals surface area contributed by atoms with Gasteiger partial charge in [0.2, 0.25) is 0 Å². The van der Waals surface area contributed by atoms with Crippen LogP contribution in [0.2, 0.25) is 0 Å². The molecule has 0 unspecified atom stereocenters. The monoisotopic (exact) mass is 338 g/mol. The normalized spacial score (nSPS) is 17.6. The minimum atomic E-state index is 0.436. The number of piperidine rings is 1. The molecular weight excluding hydrogens is 312 g/mol. The SMILES string of the molecule is CC(C)(C)C1CCN(c2ccc(Br)cc2CCN)CC1. The molecule has 0 saturated carbocycles. The van der Waals surface area contributed by atoms with Gasteiger partial charge in [0.25, 0.3) is 0 Å². The summed E-state index contributed by atoms with van der Waals surface area (Å²) in [5.74, 6) is 0.840. The molecule has 3 heteroatoms. The van der Waals surface area contributed by atoms with E-state index in [2.05, 4.69) is 59.8 Å². The highest BCUT2D eigenvalue weighted by molar-refractivity contribution is 9.10. The van der Waals surface area contributed by atoms with Gasteiger partial charge in [0, 0.05) is 23.2 Å². The molecule has 1 heterocycles. The molecule has 1 aliphatic rings. The Labute approximate surface area is 131 Å². The first-order valence-electron chi connectivity index (χ1n) is 7.65. The summed E-state index contributed by atoms with van der Waals surface area (Å²) in [6, 6.07) is 6.61. The molecule has 1 saturated heterocycles. The molecule has 1 aromatic rings. The zero-order valence-electron chi connectivity index (χ0n) is 13.0. The molecule has 0 aromatic heterocycles. The maximum atomic E-state index is 5.75. The Hall–Kier alpha value is -0.540. The number of nitrogens with two attached hydrogens (primary N) is 1. The molecule has 0 amide bonds. The van der Waals surface area contributed by atoms with E-state index in [-0.39, 0.29) is 0 Å². The summed E-state index contributed by atoms with van der Waals surface area (Å²) in [7, 11) is 0. The van der Waals surface area contributed by atoms with Crippen LogP contribution < -0.4 is 10.6 Å². The quantitative estimate of drug-likeness (QED) is 0.894. The van der Waals surface area contributed by atoms with Gasteiger partial charge >= 0.3 is 0 Å². The van der Waals surface area contributed by atoms with E-state index in [0.29, 0.717) is 12.0 Å². The number of benzene rings is 1. The fraction of sp³-hybridized carbons (Fsp3) is 0.647. The second-order valence-corrected chi connectivity index (χ2v) is 7.85. The predicted molar refractivity (Wildman–Crippen MR) is 91.3 cm³/mol. The summed E-state index contributed by atoms with van der Waals surface area (Å²) in [6.07, 6.45) is 3.54. The maximum Gasteiger partial charge on any atom is 0.0400 e. The summed E-state index contributed by atoms with van der Waals surface area (Å²) in [4.78, 5) is 2.54. The van der Waals surface area contributed by atoms with Crippen molar-refractivity contribution in [2.45, 2.75) is 40.0 Å². The smallest absolute Gasteiger partial charge is 0.0400 e. The summed E-state index contributed by atoms with van der Waals surface area (Å²) in [6.45, 7) is 10.1. The van der Waals surface area contributed by atoms with E-state index in [9.17, 15) is 0 Å². The van der Waals surface area contributed by atoms with Crippen LogP contribution in [-0.4, -0.2) is 19.6 Å². The molecule has 0 atom stereocenters. The summed E-state index contributed by atoms with van der Waals surface area (Å²) < 4.78 is 1.15. The van der Waals surface area contributed by atoms with E-state index in [0.717, 1.165) is 16.8 Å². The lowest BCUT2D eigenvalue weighted by Gasteiger charge is -2.40. The molecule has 112 valence electrons. The third-order valence-electron chi connectivity index (χ3n) is 4.52. The number of rotatable bonds is 3. The van der Waals surface area contributed by atoms with Crippen LogP contribution in [0, 0.1) is 11.3 Å². The van der Waals surface area contributed by atoms with Crippen LogP contribution in [0.25, 0.3) is 0 Å². The molecule has 1 aliphatic heterocycles. The molecule has 0 aliphatic carbocycles. The zero-order chi connectivity index (χ0) is 14.8. The Kier molecular flexibility index (Phi) is 5.14. The third-order valence-corrected chi connectivity index (χ3v) is 5.01. The first-order valence-corrected chi connectivity index (χ1v) is 8.44.